The van der Waals surface area contributed by atoms with Crippen LogP contribution in [0.2, 0.25) is 0 Å². The Kier molecular flexibility index (Phi) is 5.92. The number of rotatable bonds is 2. The third kappa shape index (κ3) is 4.58. The van der Waals surface area contributed by atoms with E-state index in [0.717, 1.165) is 0 Å². The Labute approximate surface area is 109 Å². The average molecular weight is 244 g/mol. The van der Waals surface area contributed by atoms with E-state index in [1.54, 1.807) is 6.92 Å². The van der Waals surface area contributed by atoms with Crippen LogP contribution < -0.4 is 0 Å². The maximum absolute atomic E-state index is 10.5. The fraction of sp³-hybridized carbons (Fsp3) is 0.312. The molecule has 0 bridgehead atoms. The van der Waals surface area contributed by atoms with E-state index in [1.807, 2.05) is 13.8 Å². The summed E-state index contributed by atoms with van der Waals surface area (Å²) in [5.41, 5.74) is 0. The van der Waals surface area contributed by atoms with Crippen molar-refractivity contribution in [1.29, 1.82) is 0 Å². The van der Waals surface area contributed by atoms with Gasteiger partial charge in [0.1, 0.15) is 0 Å². The number of benzene rings is 2. The molecule has 2 aromatic rings. The first-order valence-corrected chi connectivity index (χ1v) is 6.25. The summed E-state index contributed by atoms with van der Waals surface area (Å²) >= 11 is 0. The van der Waals surface area contributed by atoms with E-state index in [9.17, 15) is 4.79 Å². The van der Waals surface area contributed by atoms with Crippen LogP contribution in [0.3, 0.4) is 0 Å². The van der Waals surface area contributed by atoms with Gasteiger partial charge in [0, 0.05) is 0 Å². The van der Waals surface area contributed by atoms with Crippen LogP contribution in [-0.4, -0.2) is 12.6 Å². The van der Waals surface area contributed by atoms with Gasteiger partial charge in [-0.25, -0.2) is 0 Å². The third-order valence-electron chi connectivity index (χ3n) is 2.42. The summed E-state index contributed by atoms with van der Waals surface area (Å²) in [5, 5.41) is 2.62. The summed E-state index contributed by atoms with van der Waals surface area (Å²) in [7, 11) is 0. The first-order chi connectivity index (χ1) is 8.65. The van der Waals surface area contributed by atoms with E-state index in [2.05, 4.69) is 53.3 Å². The van der Waals surface area contributed by atoms with Gasteiger partial charge in [0.15, 0.2) is 0 Å². The van der Waals surface area contributed by atoms with Gasteiger partial charge in [-0.1, -0.05) is 62.4 Å². The molecule has 0 heterocycles. The Morgan fingerprint density at radius 2 is 1.39 bits per heavy atom. The predicted octanol–water partition coefficient (Wildman–Crippen LogP) is 4.05. The Bertz CT molecular complexity index is 424. The lowest BCUT2D eigenvalue weighted by molar-refractivity contribution is -0.146. The van der Waals surface area contributed by atoms with Gasteiger partial charge < -0.3 is 4.74 Å². The molecule has 0 amide bonds. The Hall–Kier alpha value is -1.83. The fourth-order valence-electron chi connectivity index (χ4n) is 1.44. The van der Waals surface area contributed by atoms with E-state index in [4.69, 9.17) is 0 Å². The summed E-state index contributed by atoms with van der Waals surface area (Å²) < 4.78 is 4.66. The van der Waals surface area contributed by atoms with Crippen LogP contribution in [0.25, 0.3) is 10.8 Å². The molecule has 0 atom stereocenters. The minimum Gasteiger partial charge on any atom is -0.466 e. The molecule has 0 unspecified atom stereocenters. The largest absolute Gasteiger partial charge is 0.466 e. The summed E-state index contributed by atoms with van der Waals surface area (Å²) in [6.07, 6.45) is 0. The highest BCUT2D eigenvalue weighted by Gasteiger charge is 2.04. The minimum absolute atomic E-state index is 0.00921. The van der Waals surface area contributed by atoms with Crippen molar-refractivity contribution in [3.63, 3.8) is 0 Å². The number of carbonyl (C=O) groups is 1. The van der Waals surface area contributed by atoms with E-state index in [-0.39, 0.29) is 11.9 Å². The molecule has 2 heteroatoms. The molecule has 0 spiro atoms. The molecular formula is C16H20O2. The van der Waals surface area contributed by atoms with Crippen LogP contribution in [0, 0.1) is 5.92 Å². The molecule has 0 aliphatic carbocycles. The van der Waals surface area contributed by atoms with Gasteiger partial charge in [-0.2, -0.15) is 0 Å². The van der Waals surface area contributed by atoms with E-state index < -0.39 is 0 Å². The van der Waals surface area contributed by atoms with Gasteiger partial charge in [-0.15, -0.1) is 0 Å². The van der Waals surface area contributed by atoms with Crippen LogP contribution in [0.4, 0.5) is 0 Å². The van der Waals surface area contributed by atoms with Gasteiger partial charge in [0.25, 0.3) is 0 Å². The lowest BCUT2D eigenvalue weighted by Crippen LogP contribution is -2.10. The Morgan fingerprint density at radius 1 is 1.00 bits per heavy atom. The lowest BCUT2D eigenvalue weighted by atomic mass is 10.1. The zero-order valence-corrected chi connectivity index (χ0v) is 11.2. The second-order valence-corrected chi connectivity index (χ2v) is 4.25. The van der Waals surface area contributed by atoms with Crippen molar-refractivity contribution >= 4 is 16.7 Å². The highest BCUT2D eigenvalue weighted by Crippen LogP contribution is 2.11. The molecule has 0 aliphatic heterocycles. The van der Waals surface area contributed by atoms with Gasteiger partial charge >= 0.3 is 5.97 Å². The van der Waals surface area contributed by atoms with Gasteiger partial charge in [-0.3, -0.25) is 4.79 Å². The van der Waals surface area contributed by atoms with E-state index in [1.165, 1.54) is 10.8 Å². The number of fused-ring (bicyclic) bond motifs is 1. The van der Waals surface area contributed by atoms with Crippen LogP contribution in [0.5, 0.6) is 0 Å². The second kappa shape index (κ2) is 7.49. The van der Waals surface area contributed by atoms with E-state index >= 15 is 0 Å². The minimum atomic E-state index is -0.118. The standard InChI is InChI=1S/C10H8.C6H12O2/c1-2-6-10-8-4-3-7-9(10)5-1;1-4-8-6(7)5(2)3/h1-8H;5H,4H2,1-3H3. The molecule has 96 valence electrons. The molecule has 0 aliphatic rings. The van der Waals surface area contributed by atoms with Crippen molar-refractivity contribution < 1.29 is 9.53 Å². The number of hydrogen-bond donors (Lipinski definition) is 0. The van der Waals surface area contributed by atoms with Crippen molar-refractivity contribution in [1.82, 2.24) is 0 Å². The van der Waals surface area contributed by atoms with Gasteiger partial charge in [0.2, 0.25) is 0 Å². The predicted molar refractivity (Wildman–Crippen MR) is 75.4 cm³/mol. The topological polar surface area (TPSA) is 26.3 Å². The van der Waals surface area contributed by atoms with Crippen LogP contribution in [0.1, 0.15) is 20.8 Å². The molecule has 0 radical (unpaired) electrons. The van der Waals surface area contributed by atoms with Crippen molar-refractivity contribution in [2.24, 2.45) is 5.92 Å². The number of esters is 1. The smallest absolute Gasteiger partial charge is 0.308 e. The van der Waals surface area contributed by atoms with Crippen LogP contribution in [0.15, 0.2) is 48.5 Å². The van der Waals surface area contributed by atoms with Gasteiger partial charge in [-0.05, 0) is 17.7 Å². The molecule has 0 fully saturated rings. The highest BCUT2D eigenvalue weighted by molar-refractivity contribution is 5.82. The molecule has 0 aromatic heterocycles. The number of ether oxygens (including phenoxy) is 1. The quantitative estimate of drug-likeness (QED) is 0.745. The average Bonchev–Trinajstić information content (AvgIpc) is 2.40. The van der Waals surface area contributed by atoms with Crippen LogP contribution in [-0.2, 0) is 9.53 Å². The summed E-state index contributed by atoms with van der Waals surface area (Å²) in [6, 6.07) is 16.7. The van der Waals surface area contributed by atoms with Crippen molar-refractivity contribution in [3.8, 4) is 0 Å². The second-order valence-electron chi connectivity index (χ2n) is 4.25. The number of hydrogen-bond acceptors (Lipinski definition) is 2. The van der Waals surface area contributed by atoms with Crippen molar-refractivity contribution in [2.45, 2.75) is 20.8 Å². The van der Waals surface area contributed by atoms with Gasteiger partial charge in [0.05, 0.1) is 12.5 Å². The molecule has 0 N–H and O–H groups in total. The molecule has 0 saturated heterocycles. The highest BCUT2D eigenvalue weighted by atomic mass is 16.5. The normalized spacial score (nSPS) is 9.78. The lowest BCUT2D eigenvalue weighted by Gasteiger charge is -2.01. The molecular weight excluding hydrogens is 224 g/mol. The SMILES string of the molecule is CCOC(=O)C(C)C.c1ccc2ccccc2c1. The zero-order chi connectivity index (χ0) is 13.4. The number of carbonyl (C=O) groups excluding carboxylic acids is 1. The first-order valence-electron chi connectivity index (χ1n) is 6.25. The molecule has 2 nitrogen and oxygen atoms in total. The first kappa shape index (κ1) is 14.2. The molecule has 2 aromatic carbocycles. The Balaban J connectivity index is 0.000000187. The maximum atomic E-state index is 10.5. The summed E-state index contributed by atoms with van der Waals surface area (Å²) in [4.78, 5) is 10.5. The van der Waals surface area contributed by atoms with Crippen molar-refractivity contribution in [2.75, 3.05) is 6.61 Å². The fourth-order valence-corrected chi connectivity index (χ4v) is 1.44. The summed E-state index contributed by atoms with van der Waals surface area (Å²) in [5.74, 6) is -0.109. The third-order valence-corrected chi connectivity index (χ3v) is 2.42. The molecule has 2 rings (SSSR count). The van der Waals surface area contributed by atoms with E-state index in [0.29, 0.717) is 6.61 Å². The summed E-state index contributed by atoms with van der Waals surface area (Å²) in [6.45, 7) is 5.92. The van der Waals surface area contributed by atoms with Crippen LogP contribution >= 0.6 is 0 Å². The molecule has 18 heavy (non-hydrogen) atoms. The maximum Gasteiger partial charge on any atom is 0.308 e. The zero-order valence-electron chi connectivity index (χ0n) is 11.2. The van der Waals surface area contributed by atoms with Crippen molar-refractivity contribution in [3.05, 3.63) is 48.5 Å². The monoisotopic (exact) mass is 244 g/mol. The Morgan fingerprint density at radius 3 is 1.61 bits per heavy atom. The molecule has 0 saturated carbocycles.